The molecule has 11 heavy (non-hydrogen) atoms. The molecule has 0 N–H and O–H groups in total. The van der Waals surface area contributed by atoms with E-state index in [4.69, 9.17) is 0 Å². The molecular formula is C6H3Br3S2. The maximum atomic E-state index is 4.25. The molecule has 0 spiro atoms. The van der Waals surface area contributed by atoms with Gasteiger partial charge in [-0.3, -0.25) is 0 Å². The van der Waals surface area contributed by atoms with Crippen molar-refractivity contribution in [2.24, 2.45) is 0 Å². The van der Waals surface area contributed by atoms with Crippen molar-refractivity contribution in [3.8, 4) is 0 Å². The second-order valence-electron chi connectivity index (χ2n) is 1.85. The highest BCUT2D eigenvalue weighted by atomic mass is 79.9. The van der Waals surface area contributed by atoms with E-state index in [0.717, 1.165) is 23.2 Å². The molecule has 0 fully saturated rings. The molecule has 0 aromatic heterocycles. The molecule has 0 heterocycles. The minimum Gasteiger partial charge on any atom is -0.142 e. The quantitative estimate of drug-likeness (QED) is 0.480. The summed E-state index contributed by atoms with van der Waals surface area (Å²) in [5.41, 5.74) is 0. The maximum absolute atomic E-state index is 4.25. The first-order valence-corrected chi connectivity index (χ1v) is 5.86. The van der Waals surface area contributed by atoms with E-state index >= 15 is 0 Å². The Morgan fingerprint density at radius 2 is 1.55 bits per heavy atom. The van der Waals surface area contributed by atoms with E-state index in [-0.39, 0.29) is 0 Å². The standard InChI is InChI=1S/C6H3Br3S2/c7-2-1-3(10)6(11)5(9)4(2)8/h1,10-11H. The lowest BCUT2D eigenvalue weighted by molar-refractivity contribution is 1.20. The van der Waals surface area contributed by atoms with Gasteiger partial charge in [0.25, 0.3) is 0 Å². The fourth-order valence-corrected chi connectivity index (χ4v) is 2.91. The molecule has 5 heteroatoms. The smallest absolute Gasteiger partial charge is 0.0473 e. The van der Waals surface area contributed by atoms with Crippen LogP contribution in [-0.4, -0.2) is 0 Å². The first-order chi connectivity index (χ1) is 5.04. The fourth-order valence-electron chi connectivity index (χ4n) is 0.573. The van der Waals surface area contributed by atoms with E-state index in [1.807, 2.05) is 6.07 Å². The molecule has 1 aromatic rings. The first-order valence-electron chi connectivity index (χ1n) is 2.59. The summed E-state index contributed by atoms with van der Waals surface area (Å²) in [4.78, 5) is 1.68. The molecule has 0 aliphatic carbocycles. The summed E-state index contributed by atoms with van der Waals surface area (Å²) < 4.78 is 2.84. The number of hydrogen-bond donors (Lipinski definition) is 2. The van der Waals surface area contributed by atoms with Crippen LogP contribution in [0.25, 0.3) is 0 Å². The van der Waals surface area contributed by atoms with Crippen LogP contribution in [-0.2, 0) is 0 Å². The van der Waals surface area contributed by atoms with Crippen molar-refractivity contribution >= 4 is 73.0 Å². The van der Waals surface area contributed by atoms with Crippen LogP contribution in [0.4, 0.5) is 0 Å². The zero-order chi connectivity index (χ0) is 8.59. The molecule has 0 saturated heterocycles. The number of hydrogen-bond acceptors (Lipinski definition) is 2. The number of rotatable bonds is 0. The van der Waals surface area contributed by atoms with Crippen molar-refractivity contribution in [3.05, 3.63) is 19.5 Å². The summed E-state index contributed by atoms with van der Waals surface area (Å²) in [5, 5.41) is 0. The van der Waals surface area contributed by atoms with Crippen molar-refractivity contribution in [1.82, 2.24) is 0 Å². The van der Waals surface area contributed by atoms with Crippen LogP contribution >= 0.6 is 73.0 Å². The Morgan fingerprint density at radius 1 is 1.00 bits per heavy atom. The van der Waals surface area contributed by atoms with Crippen LogP contribution in [0.3, 0.4) is 0 Å². The number of halogens is 3. The molecule has 0 atom stereocenters. The van der Waals surface area contributed by atoms with Gasteiger partial charge in [0, 0.05) is 23.2 Å². The van der Waals surface area contributed by atoms with Gasteiger partial charge in [-0.1, -0.05) is 0 Å². The Balaban J connectivity index is 3.46. The van der Waals surface area contributed by atoms with Gasteiger partial charge >= 0.3 is 0 Å². The molecule has 0 unspecified atom stereocenters. The summed E-state index contributed by atoms with van der Waals surface area (Å²) in [6, 6.07) is 1.89. The SMILES string of the molecule is Sc1cc(Br)c(Br)c(Br)c1S. The van der Waals surface area contributed by atoms with Gasteiger partial charge in [-0.05, 0) is 53.9 Å². The largest absolute Gasteiger partial charge is 0.142 e. The topological polar surface area (TPSA) is 0 Å². The summed E-state index contributed by atoms with van der Waals surface area (Å²) in [5.74, 6) is 0. The third-order valence-electron chi connectivity index (χ3n) is 1.12. The van der Waals surface area contributed by atoms with E-state index in [2.05, 4.69) is 73.0 Å². The van der Waals surface area contributed by atoms with E-state index in [9.17, 15) is 0 Å². The number of thiol groups is 2. The zero-order valence-electron chi connectivity index (χ0n) is 5.11. The van der Waals surface area contributed by atoms with Crippen molar-refractivity contribution in [2.75, 3.05) is 0 Å². The van der Waals surface area contributed by atoms with Crippen LogP contribution in [0.1, 0.15) is 0 Å². The second kappa shape index (κ2) is 4.05. The predicted molar refractivity (Wildman–Crippen MR) is 64.0 cm³/mol. The van der Waals surface area contributed by atoms with Crippen LogP contribution in [0.5, 0.6) is 0 Å². The highest BCUT2D eigenvalue weighted by Crippen LogP contribution is 2.38. The van der Waals surface area contributed by atoms with Gasteiger partial charge in [0.15, 0.2) is 0 Å². The van der Waals surface area contributed by atoms with E-state index in [0.29, 0.717) is 0 Å². The van der Waals surface area contributed by atoms with Gasteiger partial charge in [-0.25, -0.2) is 0 Å². The summed E-state index contributed by atoms with van der Waals surface area (Å²) in [6.07, 6.45) is 0. The Bertz CT molecular complexity index is 272. The van der Waals surface area contributed by atoms with E-state index < -0.39 is 0 Å². The lowest BCUT2D eigenvalue weighted by atomic mass is 10.4. The fraction of sp³-hybridized carbons (Fsp3) is 0. The van der Waals surface area contributed by atoms with Gasteiger partial charge < -0.3 is 0 Å². The molecule has 1 rings (SSSR count). The third-order valence-corrected chi connectivity index (χ3v) is 5.72. The lowest BCUT2D eigenvalue weighted by Crippen LogP contribution is -1.78. The second-order valence-corrected chi connectivity index (χ2v) is 5.22. The van der Waals surface area contributed by atoms with Crippen molar-refractivity contribution < 1.29 is 0 Å². The maximum Gasteiger partial charge on any atom is 0.0473 e. The van der Waals surface area contributed by atoms with Crippen LogP contribution < -0.4 is 0 Å². The van der Waals surface area contributed by atoms with Gasteiger partial charge in [0.2, 0.25) is 0 Å². The van der Waals surface area contributed by atoms with E-state index in [1.165, 1.54) is 0 Å². The predicted octanol–water partition coefficient (Wildman–Crippen LogP) is 4.55. The van der Waals surface area contributed by atoms with Gasteiger partial charge in [-0.15, -0.1) is 25.3 Å². The summed E-state index contributed by atoms with van der Waals surface area (Å²) >= 11 is 18.6. The van der Waals surface area contributed by atoms with Gasteiger partial charge in [-0.2, -0.15) is 0 Å². The Kier molecular flexibility index (Phi) is 3.84. The van der Waals surface area contributed by atoms with Crippen LogP contribution in [0.2, 0.25) is 0 Å². The molecule has 0 aliphatic rings. The van der Waals surface area contributed by atoms with Crippen molar-refractivity contribution in [1.29, 1.82) is 0 Å². The van der Waals surface area contributed by atoms with Gasteiger partial charge in [0.1, 0.15) is 0 Å². The van der Waals surface area contributed by atoms with Crippen LogP contribution in [0, 0.1) is 0 Å². The van der Waals surface area contributed by atoms with E-state index in [1.54, 1.807) is 0 Å². The Morgan fingerprint density at radius 3 is 2.09 bits per heavy atom. The highest BCUT2D eigenvalue weighted by Gasteiger charge is 2.08. The molecule has 60 valence electrons. The number of benzene rings is 1. The van der Waals surface area contributed by atoms with Crippen molar-refractivity contribution in [2.45, 2.75) is 9.79 Å². The first kappa shape index (κ1) is 10.4. The highest BCUT2D eigenvalue weighted by molar-refractivity contribution is 9.14. The monoisotopic (exact) mass is 376 g/mol. The summed E-state index contributed by atoms with van der Waals surface area (Å²) in [7, 11) is 0. The van der Waals surface area contributed by atoms with Crippen LogP contribution in [0.15, 0.2) is 29.3 Å². The molecule has 0 aliphatic heterocycles. The normalized spacial score (nSPS) is 10.3. The van der Waals surface area contributed by atoms with Gasteiger partial charge in [0.05, 0.1) is 0 Å². The lowest BCUT2D eigenvalue weighted by Gasteiger charge is -2.05. The molecule has 0 nitrogen and oxygen atoms in total. The molecule has 0 amide bonds. The Labute approximate surface area is 101 Å². The molecule has 0 saturated carbocycles. The molecular weight excluding hydrogens is 376 g/mol. The molecule has 0 bridgehead atoms. The average Bonchev–Trinajstić information content (AvgIpc) is 1.97. The van der Waals surface area contributed by atoms with Crippen molar-refractivity contribution in [3.63, 3.8) is 0 Å². The zero-order valence-corrected chi connectivity index (χ0v) is 11.7. The summed E-state index contributed by atoms with van der Waals surface area (Å²) in [6.45, 7) is 0. The minimum absolute atomic E-state index is 0.836. The minimum atomic E-state index is 0.836. The average molecular weight is 379 g/mol. The molecule has 0 radical (unpaired) electrons. The molecule has 1 aromatic carbocycles. The third kappa shape index (κ3) is 2.18. The Hall–Kier alpha value is 1.36.